The first kappa shape index (κ1) is 13.7. The molecule has 0 amide bonds. The van der Waals surface area contributed by atoms with Gasteiger partial charge in [0.05, 0.1) is 6.61 Å². The molecule has 0 spiro atoms. The molecule has 15 heavy (non-hydrogen) atoms. The molecule has 0 aliphatic rings. The molecule has 0 saturated heterocycles. The zero-order chi connectivity index (χ0) is 11.7. The van der Waals surface area contributed by atoms with Gasteiger partial charge in [0, 0.05) is 6.42 Å². The number of nitrogens with two attached hydrogens (primary N) is 2. The lowest BCUT2D eigenvalue weighted by atomic mass is 10.2. The van der Waals surface area contributed by atoms with Crippen LogP contribution in [0.15, 0.2) is 5.16 Å². The molecule has 88 valence electrons. The predicted molar refractivity (Wildman–Crippen MR) is 57.1 cm³/mol. The molecule has 0 unspecified atom stereocenters. The van der Waals surface area contributed by atoms with E-state index in [1.807, 2.05) is 6.92 Å². The van der Waals surface area contributed by atoms with Gasteiger partial charge in [0.25, 0.3) is 0 Å². The van der Waals surface area contributed by atoms with E-state index < -0.39 is 12.0 Å². The molecule has 0 radical (unpaired) electrons. The van der Waals surface area contributed by atoms with E-state index in [1.54, 1.807) is 6.92 Å². The van der Waals surface area contributed by atoms with Crippen molar-refractivity contribution in [2.24, 2.45) is 16.6 Å². The van der Waals surface area contributed by atoms with Crippen LogP contribution in [-0.2, 0) is 14.4 Å². The highest BCUT2D eigenvalue weighted by atomic mass is 16.6. The fraction of sp³-hybridized carbons (Fsp3) is 0.778. The van der Waals surface area contributed by atoms with Crippen LogP contribution in [0.5, 0.6) is 0 Å². The summed E-state index contributed by atoms with van der Waals surface area (Å²) in [5.74, 6) is -0.0777. The second kappa shape index (κ2) is 8.05. The summed E-state index contributed by atoms with van der Waals surface area (Å²) >= 11 is 0. The van der Waals surface area contributed by atoms with Crippen molar-refractivity contribution >= 4 is 11.8 Å². The molecular formula is C9H19N3O3. The quantitative estimate of drug-likeness (QED) is 0.205. The third kappa shape index (κ3) is 7.75. The van der Waals surface area contributed by atoms with Crippen LogP contribution < -0.4 is 11.5 Å². The van der Waals surface area contributed by atoms with Crippen molar-refractivity contribution in [1.29, 1.82) is 0 Å². The number of hydrogen-bond acceptors (Lipinski definition) is 5. The Balaban J connectivity index is 3.59. The molecular weight excluding hydrogens is 198 g/mol. The first-order valence-corrected chi connectivity index (χ1v) is 4.92. The summed E-state index contributed by atoms with van der Waals surface area (Å²) in [6.07, 6.45) is 1.14. The minimum atomic E-state index is -0.662. The summed E-state index contributed by atoms with van der Waals surface area (Å²) in [5, 5.41) is 3.50. The second-order valence-corrected chi connectivity index (χ2v) is 3.13. The molecule has 0 aliphatic heterocycles. The molecule has 6 heteroatoms. The summed E-state index contributed by atoms with van der Waals surface area (Å²) in [6, 6.07) is -0.662. The standard InChI is InChI=1S/C9H19N3O3/c1-3-5-14-9(13)8(11)4-6-15-12-7(2)10/h8H,3-6,11H2,1-2H3,(H2,10,12)/t8-/m0/s1. The Morgan fingerprint density at radius 2 is 2.13 bits per heavy atom. The normalized spacial score (nSPS) is 13.4. The lowest BCUT2D eigenvalue weighted by molar-refractivity contribution is -0.145. The first-order valence-electron chi connectivity index (χ1n) is 4.92. The monoisotopic (exact) mass is 217 g/mol. The van der Waals surface area contributed by atoms with Crippen LogP contribution in [0.1, 0.15) is 26.7 Å². The molecule has 0 aromatic heterocycles. The third-order valence-corrected chi connectivity index (χ3v) is 1.48. The van der Waals surface area contributed by atoms with E-state index in [-0.39, 0.29) is 6.61 Å². The number of carbonyl (C=O) groups is 1. The van der Waals surface area contributed by atoms with Gasteiger partial charge in [-0.05, 0) is 13.3 Å². The van der Waals surface area contributed by atoms with Crippen LogP contribution >= 0.6 is 0 Å². The predicted octanol–water partition coefficient (Wildman–Crippen LogP) is -0.0343. The van der Waals surface area contributed by atoms with Gasteiger partial charge in [0.15, 0.2) is 0 Å². The average molecular weight is 217 g/mol. The molecule has 0 aromatic carbocycles. The van der Waals surface area contributed by atoms with Gasteiger partial charge in [-0.1, -0.05) is 12.1 Å². The van der Waals surface area contributed by atoms with Crippen LogP contribution in [-0.4, -0.2) is 31.1 Å². The summed E-state index contributed by atoms with van der Waals surface area (Å²) in [5.41, 5.74) is 10.8. The van der Waals surface area contributed by atoms with Crippen molar-refractivity contribution in [2.75, 3.05) is 13.2 Å². The molecule has 0 aliphatic carbocycles. The van der Waals surface area contributed by atoms with Gasteiger partial charge in [0.1, 0.15) is 18.5 Å². The van der Waals surface area contributed by atoms with Gasteiger partial charge in [-0.3, -0.25) is 4.79 Å². The lowest BCUT2D eigenvalue weighted by Gasteiger charge is -2.09. The Bertz CT molecular complexity index is 215. The molecule has 0 heterocycles. The fourth-order valence-electron chi connectivity index (χ4n) is 0.755. The van der Waals surface area contributed by atoms with Crippen LogP contribution in [0, 0.1) is 0 Å². The fourth-order valence-corrected chi connectivity index (χ4v) is 0.755. The van der Waals surface area contributed by atoms with Crippen molar-refractivity contribution in [3.05, 3.63) is 0 Å². The molecule has 0 bridgehead atoms. The van der Waals surface area contributed by atoms with E-state index in [0.29, 0.717) is 18.9 Å². The maximum atomic E-state index is 11.2. The zero-order valence-corrected chi connectivity index (χ0v) is 9.23. The number of hydrogen-bond donors (Lipinski definition) is 2. The molecule has 0 rings (SSSR count). The van der Waals surface area contributed by atoms with Gasteiger partial charge < -0.3 is 21.0 Å². The smallest absolute Gasteiger partial charge is 0.323 e. The second-order valence-electron chi connectivity index (χ2n) is 3.13. The molecule has 6 nitrogen and oxygen atoms in total. The number of carbonyl (C=O) groups excluding carboxylic acids is 1. The molecule has 0 aromatic rings. The Kier molecular flexibility index (Phi) is 7.35. The average Bonchev–Trinajstić information content (AvgIpc) is 2.20. The van der Waals surface area contributed by atoms with Crippen LogP contribution in [0.25, 0.3) is 0 Å². The van der Waals surface area contributed by atoms with E-state index in [0.717, 1.165) is 6.42 Å². The highest BCUT2D eigenvalue weighted by Gasteiger charge is 2.14. The maximum Gasteiger partial charge on any atom is 0.323 e. The minimum Gasteiger partial charge on any atom is -0.465 e. The van der Waals surface area contributed by atoms with Gasteiger partial charge in [-0.15, -0.1) is 0 Å². The van der Waals surface area contributed by atoms with E-state index in [9.17, 15) is 4.79 Å². The van der Waals surface area contributed by atoms with Crippen molar-refractivity contribution in [3.8, 4) is 0 Å². The number of amidine groups is 1. The van der Waals surface area contributed by atoms with Crippen LogP contribution in [0.4, 0.5) is 0 Å². The van der Waals surface area contributed by atoms with Gasteiger partial charge in [0.2, 0.25) is 0 Å². The Hall–Kier alpha value is -1.30. The zero-order valence-electron chi connectivity index (χ0n) is 9.23. The Morgan fingerprint density at radius 3 is 2.67 bits per heavy atom. The number of rotatable bonds is 7. The number of ether oxygens (including phenoxy) is 1. The SMILES string of the molecule is CCCOC(=O)[C@@H](N)CCO/N=C(/C)N. The molecule has 0 saturated carbocycles. The molecule has 0 fully saturated rings. The van der Waals surface area contributed by atoms with Crippen molar-refractivity contribution in [1.82, 2.24) is 0 Å². The highest BCUT2D eigenvalue weighted by Crippen LogP contribution is 1.94. The number of esters is 1. The number of nitrogens with zero attached hydrogens (tertiary/aromatic N) is 1. The van der Waals surface area contributed by atoms with Crippen LogP contribution in [0.2, 0.25) is 0 Å². The Labute approximate surface area is 89.6 Å². The Morgan fingerprint density at radius 1 is 1.47 bits per heavy atom. The summed E-state index contributed by atoms with van der Waals surface area (Å²) in [7, 11) is 0. The summed E-state index contributed by atoms with van der Waals surface area (Å²) in [6.45, 7) is 4.17. The molecule has 4 N–H and O–H groups in total. The summed E-state index contributed by atoms with van der Waals surface area (Å²) < 4.78 is 4.85. The van der Waals surface area contributed by atoms with E-state index >= 15 is 0 Å². The first-order chi connectivity index (χ1) is 7.07. The molecule has 1 atom stereocenters. The van der Waals surface area contributed by atoms with Crippen molar-refractivity contribution in [3.63, 3.8) is 0 Å². The van der Waals surface area contributed by atoms with Crippen molar-refractivity contribution < 1.29 is 14.4 Å². The van der Waals surface area contributed by atoms with E-state index in [4.69, 9.17) is 21.0 Å². The van der Waals surface area contributed by atoms with Gasteiger partial charge in [-0.25, -0.2) is 0 Å². The van der Waals surface area contributed by atoms with Crippen LogP contribution in [0.3, 0.4) is 0 Å². The van der Waals surface area contributed by atoms with Crippen molar-refractivity contribution in [2.45, 2.75) is 32.7 Å². The lowest BCUT2D eigenvalue weighted by Crippen LogP contribution is -2.33. The maximum absolute atomic E-state index is 11.2. The third-order valence-electron chi connectivity index (χ3n) is 1.48. The highest BCUT2D eigenvalue weighted by molar-refractivity contribution is 5.76. The summed E-state index contributed by atoms with van der Waals surface area (Å²) in [4.78, 5) is 16.0. The number of oxime groups is 1. The largest absolute Gasteiger partial charge is 0.465 e. The minimum absolute atomic E-state index is 0.247. The van der Waals surface area contributed by atoms with Gasteiger partial charge in [-0.2, -0.15) is 0 Å². The van der Waals surface area contributed by atoms with E-state index in [2.05, 4.69) is 5.16 Å². The van der Waals surface area contributed by atoms with E-state index in [1.165, 1.54) is 0 Å². The van der Waals surface area contributed by atoms with Gasteiger partial charge >= 0.3 is 5.97 Å². The topological polar surface area (TPSA) is 99.9 Å².